The first-order valence-electron chi connectivity index (χ1n) is 8.01. The van der Waals surface area contributed by atoms with E-state index in [9.17, 15) is 4.79 Å². The Balaban J connectivity index is 1.70. The molecule has 1 aromatic heterocycles. The van der Waals surface area contributed by atoms with Crippen LogP contribution in [0.3, 0.4) is 0 Å². The summed E-state index contributed by atoms with van der Waals surface area (Å²) in [5, 5.41) is 2.80. The maximum Gasteiger partial charge on any atom is 0.257 e. The van der Waals surface area contributed by atoms with E-state index in [1.165, 1.54) is 6.20 Å². The van der Waals surface area contributed by atoms with Crippen molar-refractivity contribution in [1.29, 1.82) is 0 Å². The largest absolute Gasteiger partial charge is 0.497 e. The van der Waals surface area contributed by atoms with Crippen LogP contribution in [0.5, 0.6) is 23.1 Å². The zero-order chi connectivity index (χ0) is 19.2. The number of carbonyl (C=O) groups excluding carboxylic acids is 1. The Morgan fingerprint density at radius 1 is 0.963 bits per heavy atom. The van der Waals surface area contributed by atoms with Crippen LogP contribution in [0.15, 0.2) is 65.3 Å². The predicted molar refractivity (Wildman–Crippen MR) is 106 cm³/mol. The molecule has 0 unspecified atom stereocenters. The normalized spacial score (nSPS) is 10.2. The third-order valence-corrected chi connectivity index (χ3v) is 4.12. The predicted octanol–water partition coefficient (Wildman–Crippen LogP) is 4.91. The molecule has 0 fully saturated rings. The van der Waals surface area contributed by atoms with Gasteiger partial charge in [0.1, 0.15) is 17.2 Å². The summed E-state index contributed by atoms with van der Waals surface area (Å²) in [4.78, 5) is 16.6. The highest BCUT2D eigenvalue weighted by atomic mass is 79.9. The van der Waals surface area contributed by atoms with Gasteiger partial charge in [0.15, 0.2) is 0 Å². The number of pyridine rings is 1. The highest BCUT2D eigenvalue weighted by molar-refractivity contribution is 9.10. The highest BCUT2D eigenvalue weighted by Gasteiger charge is 2.10. The van der Waals surface area contributed by atoms with Crippen molar-refractivity contribution in [3.05, 3.63) is 70.8 Å². The van der Waals surface area contributed by atoms with Crippen LogP contribution in [0, 0.1) is 0 Å². The number of hydrogen-bond donors (Lipinski definition) is 1. The Kier molecular flexibility index (Phi) is 5.93. The van der Waals surface area contributed by atoms with Crippen LogP contribution in [-0.2, 0) is 0 Å². The Bertz CT molecular complexity index is 923. The van der Waals surface area contributed by atoms with Crippen molar-refractivity contribution in [2.75, 3.05) is 19.5 Å². The number of benzene rings is 2. The molecule has 1 N–H and O–H groups in total. The molecule has 27 heavy (non-hydrogen) atoms. The van der Waals surface area contributed by atoms with Crippen molar-refractivity contribution in [2.24, 2.45) is 0 Å². The summed E-state index contributed by atoms with van der Waals surface area (Å²) >= 11 is 3.39. The number of methoxy groups -OCH3 is 2. The van der Waals surface area contributed by atoms with Crippen molar-refractivity contribution in [3.63, 3.8) is 0 Å². The number of nitrogens with one attached hydrogen (secondary N) is 1. The molecular formula is C20H17BrN2O4. The lowest BCUT2D eigenvalue weighted by Gasteiger charge is -2.10. The van der Waals surface area contributed by atoms with Crippen molar-refractivity contribution in [3.8, 4) is 23.1 Å². The fourth-order valence-electron chi connectivity index (χ4n) is 2.31. The zero-order valence-electron chi connectivity index (χ0n) is 14.7. The average molecular weight is 429 g/mol. The van der Waals surface area contributed by atoms with Gasteiger partial charge in [-0.15, -0.1) is 0 Å². The summed E-state index contributed by atoms with van der Waals surface area (Å²) in [6, 6.07) is 15.9. The molecule has 3 aromatic rings. The topological polar surface area (TPSA) is 69.7 Å². The summed E-state index contributed by atoms with van der Waals surface area (Å²) in [7, 11) is 3.10. The van der Waals surface area contributed by atoms with Gasteiger partial charge in [0.2, 0.25) is 5.88 Å². The lowest BCUT2D eigenvalue weighted by molar-refractivity contribution is 0.102. The summed E-state index contributed by atoms with van der Waals surface area (Å²) in [6.45, 7) is 0. The van der Waals surface area contributed by atoms with Crippen LogP contribution in [0.25, 0.3) is 0 Å². The molecule has 0 spiro atoms. The van der Waals surface area contributed by atoms with Gasteiger partial charge in [0.25, 0.3) is 5.91 Å². The molecule has 138 valence electrons. The van der Waals surface area contributed by atoms with E-state index in [1.54, 1.807) is 44.6 Å². The van der Waals surface area contributed by atoms with E-state index in [-0.39, 0.29) is 5.91 Å². The second kappa shape index (κ2) is 8.55. The minimum atomic E-state index is -0.299. The summed E-state index contributed by atoms with van der Waals surface area (Å²) in [6.07, 6.45) is 1.46. The van der Waals surface area contributed by atoms with Crippen molar-refractivity contribution < 1.29 is 19.0 Å². The second-order valence-electron chi connectivity index (χ2n) is 5.50. The zero-order valence-corrected chi connectivity index (χ0v) is 16.3. The molecule has 0 saturated heterocycles. The third-order valence-electron chi connectivity index (χ3n) is 3.63. The van der Waals surface area contributed by atoms with E-state index >= 15 is 0 Å². The van der Waals surface area contributed by atoms with Crippen LogP contribution < -0.4 is 19.5 Å². The molecule has 0 atom stereocenters. The molecule has 0 aliphatic carbocycles. The highest BCUT2D eigenvalue weighted by Crippen LogP contribution is 2.26. The third kappa shape index (κ3) is 4.98. The van der Waals surface area contributed by atoms with E-state index in [0.717, 1.165) is 4.47 Å². The lowest BCUT2D eigenvalue weighted by atomic mass is 10.2. The lowest BCUT2D eigenvalue weighted by Crippen LogP contribution is -2.12. The Hall–Kier alpha value is -3.06. The molecule has 0 saturated carbocycles. The van der Waals surface area contributed by atoms with Crippen molar-refractivity contribution in [2.45, 2.75) is 0 Å². The molecule has 3 rings (SSSR count). The fraction of sp³-hybridized carbons (Fsp3) is 0.100. The molecule has 0 aliphatic heterocycles. The summed E-state index contributed by atoms with van der Waals surface area (Å²) < 4.78 is 17.0. The van der Waals surface area contributed by atoms with Gasteiger partial charge in [-0.25, -0.2) is 4.98 Å². The van der Waals surface area contributed by atoms with Crippen LogP contribution in [0.2, 0.25) is 0 Å². The van der Waals surface area contributed by atoms with Crippen LogP contribution in [0.4, 0.5) is 5.69 Å². The van der Waals surface area contributed by atoms with Gasteiger partial charge >= 0.3 is 0 Å². The molecule has 7 heteroatoms. The molecule has 0 aliphatic rings. The SMILES string of the molecule is COc1cc(NC(=O)c2ccc(Oc3cccc(Br)c3)nc2)cc(OC)c1. The Morgan fingerprint density at radius 3 is 2.30 bits per heavy atom. The maximum atomic E-state index is 12.4. The molecule has 0 bridgehead atoms. The first-order chi connectivity index (χ1) is 13.1. The number of carbonyl (C=O) groups is 1. The van der Waals surface area contributed by atoms with E-state index in [1.807, 2.05) is 24.3 Å². The Morgan fingerprint density at radius 2 is 1.70 bits per heavy atom. The van der Waals surface area contributed by atoms with Crippen LogP contribution in [-0.4, -0.2) is 25.1 Å². The molecule has 1 amide bonds. The smallest absolute Gasteiger partial charge is 0.257 e. The van der Waals surface area contributed by atoms with Gasteiger partial charge < -0.3 is 19.5 Å². The monoisotopic (exact) mass is 428 g/mol. The number of anilines is 1. The maximum absolute atomic E-state index is 12.4. The van der Waals surface area contributed by atoms with Gasteiger partial charge in [-0.3, -0.25) is 4.79 Å². The van der Waals surface area contributed by atoms with E-state index < -0.39 is 0 Å². The standard InChI is InChI=1S/C20H17BrN2O4/c1-25-17-9-15(10-18(11-17)26-2)23-20(24)13-6-7-19(22-12-13)27-16-5-3-4-14(21)8-16/h3-12H,1-2H3,(H,23,24). The average Bonchev–Trinajstić information content (AvgIpc) is 2.68. The first-order valence-corrected chi connectivity index (χ1v) is 8.80. The van der Waals surface area contributed by atoms with Gasteiger partial charge in [0.05, 0.1) is 19.8 Å². The van der Waals surface area contributed by atoms with Gasteiger partial charge in [-0.2, -0.15) is 0 Å². The minimum absolute atomic E-state index is 0.299. The molecule has 1 heterocycles. The van der Waals surface area contributed by atoms with E-state index in [0.29, 0.717) is 34.4 Å². The van der Waals surface area contributed by atoms with Crippen LogP contribution in [0.1, 0.15) is 10.4 Å². The molecular weight excluding hydrogens is 412 g/mol. The summed E-state index contributed by atoms with van der Waals surface area (Å²) in [5.41, 5.74) is 0.962. The minimum Gasteiger partial charge on any atom is -0.497 e. The van der Waals surface area contributed by atoms with Crippen molar-refractivity contribution >= 4 is 27.5 Å². The van der Waals surface area contributed by atoms with Gasteiger partial charge in [0, 0.05) is 40.6 Å². The van der Waals surface area contributed by atoms with E-state index in [4.69, 9.17) is 14.2 Å². The number of halogens is 1. The molecule has 6 nitrogen and oxygen atoms in total. The van der Waals surface area contributed by atoms with Crippen molar-refractivity contribution in [1.82, 2.24) is 4.98 Å². The molecule has 2 aromatic carbocycles. The number of ether oxygens (including phenoxy) is 3. The quantitative estimate of drug-likeness (QED) is 0.603. The first kappa shape index (κ1) is 18.7. The molecule has 0 radical (unpaired) electrons. The fourth-order valence-corrected chi connectivity index (χ4v) is 2.69. The Labute approximate surface area is 165 Å². The van der Waals surface area contributed by atoms with Gasteiger partial charge in [-0.1, -0.05) is 22.0 Å². The number of nitrogens with zero attached hydrogens (tertiary/aromatic N) is 1. The number of hydrogen-bond acceptors (Lipinski definition) is 5. The van der Waals surface area contributed by atoms with E-state index in [2.05, 4.69) is 26.2 Å². The second-order valence-corrected chi connectivity index (χ2v) is 6.42. The number of aromatic nitrogens is 1. The van der Waals surface area contributed by atoms with Gasteiger partial charge in [-0.05, 0) is 24.3 Å². The number of rotatable bonds is 6. The number of amides is 1. The van der Waals surface area contributed by atoms with Crippen LogP contribution >= 0.6 is 15.9 Å². The summed E-state index contributed by atoms with van der Waals surface area (Å²) in [5.74, 6) is 1.91.